The number of hydrogen-bond acceptors (Lipinski definition) is 3. The van der Waals surface area contributed by atoms with Crippen molar-refractivity contribution in [2.75, 3.05) is 13.1 Å². The summed E-state index contributed by atoms with van der Waals surface area (Å²) in [5, 5.41) is 2.94. The lowest BCUT2D eigenvalue weighted by molar-refractivity contribution is -0.121. The van der Waals surface area contributed by atoms with Gasteiger partial charge in [-0.3, -0.25) is 14.4 Å². The Morgan fingerprint density at radius 1 is 1.35 bits per heavy atom. The van der Waals surface area contributed by atoms with E-state index in [1.807, 2.05) is 6.92 Å². The van der Waals surface area contributed by atoms with Gasteiger partial charge in [-0.25, -0.2) is 0 Å². The lowest BCUT2D eigenvalue weighted by Crippen LogP contribution is -2.46. The van der Waals surface area contributed by atoms with Crippen LogP contribution in [0.15, 0.2) is 23.0 Å². The van der Waals surface area contributed by atoms with Crippen LogP contribution in [0.3, 0.4) is 0 Å². The van der Waals surface area contributed by atoms with Crippen molar-refractivity contribution < 1.29 is 9.59 Å². The Morgan fingerprint density at radius 2 is 2.05 bits per heavy atom. The minimum absolute atomic E-state index is 0.0437. The predicted molar refractivity (Wildman–Crippen MR) is 74.4 cm³/mol. The van der Waals surface area contributed by atoms with E-state index in [0.29, 0.717) is 25.2 Å². The number of pyridine rings is 1. The van der Waals surface area contributed by atoms with E-state index >= 15 is 0 Å². The van der Waals surface area contributed by atoms with Crippen LogP contribution in [0.4, 0.5) is 0 Å². The molecule has 0 bridgehead atoms. The van der Waals surface area contributed by atoms with E-state index in [4.69, 9.17) is 0 Å². The molecule has 2 heterocycles. The Labute approximate surface area is 117 Å². The third-order valence-electron chi connectivity index (χ3n) is 3.47. The molecule has 1 fully saturated rings. The zero-order valence-electron chi connectivity index (χ0n) is 11.5. The van der Waals surface area contributed by atoms with Crippen molar-refractivity contribution in [2.24, 2.45) is 0 Å². The topological polar surface area (TPSA) is 82.3 Å². The van der Waals surface area contributed by atoms with Crippen LogP contribution in [-0.2, 0) is 4.79 Å². The predicted octanol–water partition coefficient (Wildman–Crippen LogP) is 0.506. The molecule has 2 N–H and O–H groups in total. The number of likely N-dealkylation sites (tertiary alicyclic amines) is 1. The summed E-state index contributed by atoms with van der Waals surface area (Å²) >= 11 is 0. The molecule has 0 saturated carbocycles. The molecule has 0 atom stereocenters. The second kappa shape index (κ2) is 6.36. The Hall–Kier alpha value is -2.11. The normalized spacial score (nSPS) is 15.9. The highest BCUT2D eigenvalue weighted by molar-refractivity contribution is 5.92. The number of hydrogen-bond donors (Lipinski definition) is 2. The molecule has 0 radical (unpaired) electrons. The first-order valence-electron chi connectivity index (χ1n) is 6.88. The van der Waals surface area contributed by atoms with E-state index in [2.05, 4.69) is 10.3 Å². The van der Waals surface area contributed by atoms with E-state index in [9.17, 15) is 14.4 Å². The number of piperidine rings is 1. The standard InChI is InChI=1S/C14H19N3O3/c1-2-12(18)15-10-6-8-17(9-7-10)14(20)11-4-3-5-13(19)16-11/h3-5,10H,2,6-9H2,1H3,(H,15,18)(H,16,19). The molecule has 1 aliphatic rings. The number of amides is 2. The van der Waals surface area contributed by atoms with Crippen molar-refractivity contribution >= 4 is 11.8 Å². The first-order chi connectivity index (χ1) is 9.60. The Kier molecular flexibility index (Phi) is 4.55. The van der Waals surface area contributed by atoms with Gasteiger partial charge in [-0.1, -0.05) is 13.0 Å². The summed E-state index contributed by atoms with van der Waals surface area (Å²) in [5.74, 6) is -0.120. The Balaban J connectivity index is 1.92. The molecule has 1 aliphatic heterocycles. The third-order valence-corrected chi connectivity index (χ3v) is 3.47. The smallest absolute Gasteiger partial charge is 0.270 e. The van der Waals surface area contributed by atoms with Gasteiger partial charge in [0.1, 0.15) is 5.69 Å². The van der Waals surface area contributed by atoms with Crippen LogP contribution in [0.1, 0.15) is 36.7 Å². The summed E-state index contributed by atoms with van der Waals surface area (Å²) < 4.78 is 0. The van der Waals surface area contributed by atoms with E-state index in [1.165, 1.54) is 6.07 Å². The van der Waals surface area contributed by atoms with Crippen molar-refractivity contribution in [2.45, 2.75) is 32.2 Å². The second-order valence-corrected chi connectivity index (χ2v) is 4.92. The molecular weight excluding hydrogens is 258 g/mol. The van der Waals surface area contributed by atoms with Crippen LogP contribution in [0.2, 0.25) is 0 Å². The summed E-state index contributed by atoms with van der Waals surface area (Å²) in [5.41, 5.74) is 0.0366. The zero-order valence-corrected chi connectivity index (χ0v) is 11.5. The van der Waals surface area contributed by atoms with E-state index < -0.39 is 0 Å². The molecule has 1 saturated heterocycles. The maximum Gasteiger partial charge on any atom is 0.270 e. The molecule has 0 aromatic carbocycles. The summed E-state index contributed by atoms with van der Waals surface area (Å²) in [6.07, 6.45) is 1.97. The lowest BCUT2D eigenvalue weighted by Gasteiger charge is -2.32. The van der Waals surface area contributed by atoms with E-state index in [-0.39, 0.29) is 23.4 Å². The lowest BCUT2D eigenvalue weighted by atomic mass is 10.0. The van der Waals surface area contributed by atoms with Gasteiger partial charge in [0, 0.05) is 31.6 Å². The number of aromatic nitrogens is 1. The van der Waals surface area contributed by atoms with Gasteiger partial charge in [0.05, 0.1) is 0 Å². The monoisotopic (exact) mass is 277 g/mol. The molecule has 1 aromatic heterocycles. The van der Waals surface area contributed by atoms with Crippen molar-refractivity contribution in [1.29, 1.82) is 0 Å². The van der Waals surface area contributed by atoms with Crippen LogP contribution in [0, 0.1) is 0 Å². The molecule has 0 spiro atoms. The number of aromatic amines is 1. The SMILES string of the molecule is CCC(=O)NC1CCN(C(=O)c2cccc(=O)[nH]2)CC1. The first-order valence-corrected chi connectivity index (χ1v) is 6.88. The average molecular weight is 277 g/mol. The van der Waals surface area contributed by atoms with Gasteiger partial charge < -0.3 is 15.2 Å². The maximum absolute atomic E-state index is 12.2. The molecule has 0 aliphatic carbocycles. The number of nitrogens with zero attached hydrogens (tertiary/aromatic N) is 1. The van der Waals surface area contributed by atoms with Gasteiger partial charge in [-0.15, -0.1) is 0 Å². The van der Waals surface area contributed by atoms with E-state index in [0.717, 1.165) is 12.8 Å². The van der Waals surface area contributed by atoms with Crippen molar-refractivity contribution in [3.05, 3.63) is 34.2 Å². The van der Waals surface area contributed by atoms with Gasteiger partial charge in [-0.05, 0) is 18.9 Å². The minimum Gasteiger partial charge on any atom is -0.353 e. The van der Waals surface area contributed by atoms with E-state index in [1.54, 1.807) is 17.0 Å². The molecule has 108 valence electrons. The highest BCUT2D eigenvalue weighted by Crippen LogP contribution is 2.12. The average Bonchev–Trinajstić information content (AvgIpc) is 2.47. The minimum atomic E-state index is -0.277. The highest BCUT2D eigenvalue weighted by Gasteiger charge is 2.24. The number of nitrogens with one attached hydrogen (secondary N) is 2. The number of H-pyrrole nitrogens is 1. The fraction of sp³-hybridized carbons (Fsp3) is 0.500. The summed E-state index contributed by atoms with van der Waals surface area (Å²) in [6.45, 7) is 2.99. The number of rotatable bonds is 3. The van der Waals surface area contributed by atoms with Crippen LogP contribution in [0.5, 0.6) is 0 Å². The van der Waals surface area contributed by atoms with Crippen molar-refractivity contribution in [3.63, 3.8) is 0 Å². The van der Waals surface area contributed by atoms with Gasteiger partial charge in [0.15, 0.2) is 0 Å². The Morgan fingerprint density at radius 3 is 2.65 bits per heavy atom. The van der Waals surface area contributed by atoms with Crippen LogP contribution >= 0.6 is 0 Å². The van der Waals surface area contributed by atoms with Gasteiger partial charge in [0.2, 0.25) is 11.5 Å². The maximum atomic E-state index is 12.2. The molecular formula is C14H19N3O3. The fourth-order valence-electron chi connectivity index (χ4n) is 2.30. The highest BCUT2D eigenvalue weighted by atomic mass is 16.2. The molecule has 6 heteroatoms. The molecule has 2 amide bonds. The largest absolute Gasteiger partial charge is 0.353 e. The van der Waals surface area contributed by atoms with Gasteiger partial charge in [0.25, 0.3) is 5.91 Å². The second-order valence-electron chi connectivity index (χ2n) is 4.92. The van der Waals surface area contributed by atoms with Gasteiger partial charge in [-0.2, -0.15) is 0 Å². The molecule has 6 nitrogen and oxygen atoms in total. The van der Waals surface area contributed by atoms with Crippen LogP contribution in [0.25, 0.3) is 0 Å². The molecule has 20 heavy (non-hydrogen) atoms. The van der Waals surface area contributed by atoms with Crippen molar-refractivity contribution in [3.8, 4) is 0 Å². The van der Waals surface area contributed by atoms with Crippen molar-refractivity contribution in [1.82, 2.24) is 15.2 Å². The fourth-order valence-corrected chi connectivity index (χ4v) is 2.30. The first kappa shape index (κ1) is 14.3. The third kappa shape index (κ3) is 3.46. The zero-order chi connectivity index (χ0) is 14.5. The summed E-state index contributed by atoms with van der Waals surface area (Å²) in [4.78, 5) is 39.0. The quantitative estimate of drug-likeness (QED) is 0.844. The molecule has 2 rings (SSSR count). The number of carbonyl (C=O) groups is 2. The number of carbonyl (C=O) groups excluding carboxylic acids is 2. The summed E-state index contributed by atoms with van der Waals surface area (Å²) in [6, 6.07) is 4.69. The Bertz CT molecular complexity index is 545. The van der Waals surface area contributed by atoms with Crippen LogP contribution in [-0.4, -0.2) is 40.8 Å². The van der Waals surface area contributed by atoms with Crippen LogP contribution < -0.4 is 10.9 Å². The summed E-state index contributed by atoms with van der Waals surface area (Å²) in [7, 11) is 0. The van der Waals surface area contributed by atoms with Gasteiger partial charge >= 0.3 is 0 Å². The molecule has 1 aromatic rings. The molecule has 0 unspecified atom stereocenters.